The number of aromatic hydroxyl groups is 1. The maximum atomic E-state index is 11.9. The molecule has 0 unspecified atom stereocenters. The molecule has 0 saturated carbocycles. The van der Waals surface area contributed by atoms with Gasteiger partial charge in [0.1, 0.15) is 11.3 Å². The first-order chi connectivity index (χ1) is 9.56. The van der Waals surface area contributed by atoms with Gasteiger partial charge in [-0.2, -0.15) is 0 Å². The number of phenols is 1. The summed E-state index contributed by atoms with van der Waals surface area (Å²) >= 11 is 0. The van der Waals surface area contributed by atoms with Gasteiger partial charge in [0.15, 0.2) is 11.2 Å². The molecule has 102 valence electrons. The Balaban J connectivity index is 2.88. The Morgan fingerprint density at radius 1 is 1.35 bits per heavy atom. The molecule has 20 heavy (non-hydrogen) atoms. The Hall–Kier alpha value is -2.62. The number of hydrogen-bond acceptors (Lipinski definition) is 4. The van der Waals surface area contributed by atoms with Crippen LogP contribution in [0.5, 0.6) is 5.75 Å². The summed E-state index contributed by atoms with van der Waals surface area (Å²) in [6, 6.07) is 2.65. The van der Waals surface area contributed by atoms with Crippen LogP contribution < -0.4 is 5.43 Å². The number of Topliss-reactive ketones (excluding diaryl/α,β-unsaturated/α-hetero) is 1. The molecule has 0 radical (unpaired) electrons. The lowest BCUT2D eigenvalue weighted by Gasteiger charge is -2.07. The third-order valence-electron chi connectivity index (χ3n) is 2.90. The van der Waals surface area contributed by atoms with E-state index in [0.29, 0.717) is 5.56 Å². The first kappa shape index (κ1) is 13.8. The normalized spacial score (nSPS) is 11.7. The zero-order valence-electron chi connectivity index (χ0n) is 11.2. The number of carbonyl (C=O) groups is 1. The number of phenolic OH excluding ortho intramolecular Hbond substituents is 1. The Labute approximate surface area is 115 Å². The maximum absolute atomic E-state index is 11.9. The lowest BCUT2D eigenvalue weighted by atomic mass is 10.0. The lowest BCUT2D eigenvalue weighted by molar-refractivity contribution is 0.101. The van der Waals surface area contributed by atoms with Gasteiger partial charge in [-0.3, -0.25) is 9.59 Å². The van der Waals surface area contributed by atoms with Crippen molar-refractivity contribution in [2.24, 2.45) is 0 Å². The van der Waals surface area contributed by atoms with Gasteiger partial charge in [0.2, 0.25) is 0 Å². The molecule has 0 spiro atoms. The summed E-state index contributed by atoms with van der Waals surface area (Å²) < 4.78 is 5.32. The van der Waals surface area contributed by atoms with Crippen molar-refractivity contribution in [2.75, 3.05) is 0 Å². The molecule has 4 nitrogen and oxygen atoms in total. The topological polar surface area (TPSA) is 67.5 Å². The minimum Gasteiger partial charge on any atom is -0.506 e. The highest BCUT2D eigenvalue weighted by molar-refractivity contribution is 6.03. The Kier molecular flexibility index (Phi) is 3.84. The summed E-state index contributed by atoms with van der Waals surface area (Å²) in [6.45, 7) is 3.19. The van der Waals surface area contributed by atoms with Gasteiger partial charge in [-0.1, -0.05) is 18.2 Å². The van der Waals surface area contributed by atoms with Gasteiger partial charge < -0.3 is 9.52 Å². The molecule has 0 fully saturated rings. The highest BCUT2D eigenvalue weighted by Crippen LogP contribution is 2.31. The highest BCUT2D eigenvalue weighted by atomic mass is 16.3. The molecule has 1 N–H and O–H groups in total. The Morgan fingerprint density at radius 2 is 2.10 bits per heavy atom. The molecule has 0 saturated heterocycles. The van der Waals surface area contributed by atoms with Crippen LogP contribution in [0.15, 0.2) is 45.8 Å². The second-order valence-electron chi connectivity index (χ2n) is 4.29. The molecular formula is C16H14O4. The number of rotatable bonds is 3. The summed E-state index contributed by atoms with van der Waals surface area (Å²) in [4.78, 5) is 23.4. The first-order valence-electron chi connectivity index (χ1n) is 6.14. The van der Waals surface area contributed by atoms with Crippen LogP contribution in [0.2, 0.25) is 0 Å². The van der Waals surface area contributed by atoms with E-state index in [1.807, 2.05) is 13.0 Å². The minimum atomic E-state index is -0.312. The maximum Gasteiger partial charge on any atom is 0.192 e. The largest absolute Gasteiger partial charge is 0.506 e. The predicted octanol–water partition coefficient (Wildman–Crippen LogP) is 3.29. The van der Waals surface area contributed by atoms with Crippen molar-refractivity contribution in [3.8, 4) is 5.75 Å². The predicted molar refractivity (Wildman–Crippen MR) is 78.0 cm³/mol. The number of carbonyl (C=O) groups excluding carboxylic acids is 1. The van der Waals surface area contributed by atoms with Crippen LogP contribution in [0, 0.1) is 0 Å². The van der Waals surface area contributed by atoms with Gasteiger partial charge >= 0.3 is 0 Å². The molecule has 1 aromatic heterocycles. The van der Waals surface area contributed by atoms with Crippen LogP contribution in [0.25, 0.3) is 17.0 Å². The van der Waals surface area contributed by atoms with Gasteiger partial charge in [-0.25, -0.2) is 0 Å². The quantitative estimate of drug-likeness (QED) is 0.686. The van der Waals surface area contributed by atoms with Crippen LogP contribution in [0.1, 0.15) is 29.8 Å². The molecular weight excluding hydrogens is 256 g/mol. The van der Waals surface area contributed by atoms with Crippen LogP contribution in [-0.2, 0) is 0 Å². The van der Waals surface area contributed by atoms with Crippen LogP contribution in [0.4, 0.5) is 0 Å². The standard InChI is InChI=1S/C16H14O4/c1-3-4-5-6-11-15(19)12(10(2)17)9-13-14(18)7-8-20-16(11)13/h3-9,19H,1-2H3. The molecule has 0 aliphatic rings. The minimum absolute atomic E-state index is 0.108. The second-order valence-corrected chi connectivity index (χ2v) is 4.29. The van der Waals surface area contributed by atoms with Gasteiger partial charge in [0.05, 0.1) is 22.8 Å². The highest BCUT2D eigenvalue weighted by Gasteiger charge is 2.16. The van der Waals surface area contributed by atoms with E-state index < -0.39 is 0 Å². The van der Waals surface area contributed by atoms with E-state index in [9.17, 15) is 14.7 Å². The second kappa shape index (κ2) is 5.57. The van der Waals surface area contributed by atoms with E-state index >= 15 is 0 Å². The zero-order valence-corrected chi connectivity index (χ0v) is 11.2. The van der Waals surface area contributed by atoms with E-state index in [-0.39, 0.29) is 33.5 Å². The van der Waals surface area contributed by atoms with Crippen molar-refractivity contribution >= 4 is 22.8 Å². The van der Waals surface area contributed by atoms with E-state index in [4.69, 9.17) is 4.42 Å². The molecule has 0 aliphatic heterocycles. The van der Waals surface area contributed by atoms with Gasteiger partial charge in [-0.15, -0.1) is 0 Å². The van der Waals surface area contributed by atoms with E-state index in [1.165, 1.54) is 25.3 Å². The molecule has 1 aromatic carbocycles. The van der Waals surface area contributed by atoms with Gasteiger partial charge in [0, 0.05) is 6.07 Å². The van der Waals surface area contributed by atoms with Gasteiger partial charge in [0.25, 0.3) is 0 Å². The van der Waals surface area contributed by atoms with Crippen LogP contribution in [-0.4, -0.2) is 10.9 Å². The van der Waals surface area contributed by atoms with Crippen molar-refractivity contribution in [3.05, 3.63) is 58.0 Å². The van der Waals surface area contributed by atoms with Crippen molar-refractivity contribution < 1.29 is 14.3 Å². The molecule has 0 amide bonds. The number of allylic oxidation sites excluding steroid dienone is 3. The van der Waals surface area contributed by atoms with E-state index in [1.54, 1.807) is 18.2 Å². The summed E-state index contributed by atoms with van der Waals surface area (Å²) in [7, 11) is 0. The molecule has 0 atom stereocenters. The third kappa shape index (κ3) is 2.40. The van der Waals surface area contributed by atoms with E-state index in [0.717, 1.165) is 0 Å². The number of ketones is 1. The van der Waals surface area contributed by atoms with E-state index in [2.05, 4.69) is 0 Å². The molecule has 4 heteroatoms. The number of fused-ring (bicyclic) bond motifs is 1. The fourth-order valence-corrected chi connectivity index (χ4v) is 1.93. The molecule has 2 aromatic rings. The molecule has 2 rings (SSSR count). The number of hydrogen-bond donors (Lipinski definition) is 1. The fourth-order valence-electron chi connectivity index (χ4n) is 1.93. The SMILES string of the molecule is CC=CC=Cc1c(O)c(C(C)=O)cc2c(=O)ccoc12. The average molecular weight is 270 g/mol. The van der Waals surface area contributed by atoms with Gasteiger partial charge in [-0.05, 0) is 26.0 Å². The van der Waals surface area contributed by atoms with Crippen molar-refractivity contribution in [1.82, 2.24) is 0 Å². The molecule has 1 heterocycles. The summed E-state index contributed by atoms with van der Waals surface area (Å²) in [5.41, 5.74) is 0.440. The Bertz CT molecular complexity index is 779. The zero-order chi connectivity index (χ0) is 14.7. The first-order valence-corrected chi connectivity index (χ1v) is 6.14. The summed E-state index contributed by atoms with van der Waals surface area (Å²) in [5.74, 6) is -0.492. The lowest BCUT2D eigenvalue weighted by Crippen LogP contribution is -2.03. The Morgan fingerprint density at radius 3 is 2.75 bits per heavy atom. The monoisotopic (exact) mass is 270 g/mol. The van der Waals surface area contributed by atoms with Crippen LogP contribution in [0.3, 0.4) is 0 Å². The van der Waals surface area contributed by atoms with Crippen molar-refractivity contribution in [3.63, 3.8) is 0 Å². The van der Waals surface area contributed by atoms with Crippen molar-refractivity contribution in [1.29, 1.82) is 0 Å². The summed E-state index contributed by atoms with van der Waals surface area (Å²) in [5, 5.41) is 10.5. The molecule has 0 aliphatic carbocycles. The summed E-state index contributed by atoms with van der Waals surface area (Å²) in [6.07, 6.45) is 8.16. The fraction of sp³-hybridized carbons (Fsp3) is 0.125. The average Bonchev–Trinajstić information content (AvgIpc) is 2.41. The third-order valence-corrected chi connectivity index (χ3v) is 2.90. The number of benzene rings is 1. The smallest absolute Gasteiger partial charge is 0.192 e. The molecule has 0 bridgehead atoms. The van der Waals surface area contributed by atoms with Crippen LogP contribution >= 0.6 is 0 Å². The van der Waals surface area contributed by atoms with Crippen molar-refractivity contribution in [2.45, 2.75) is 13.8 Å².